The minimum Gasteiger partial charge on any atom is -0.508 e. The van der Waals surface area contributed by atoms with Gasteiger partial charge in [-0.3, -0.25) is 9.69 Å². The van der Waals surface area contributed by atoms with Crippen molar-refractivity contribution >= 4 is 34.8 Å². The van der Waals surface area contributed by atoms with Gasteiger partial charge in [0.05, 0.1) is 26.6 Å². The van der Waals surface area contributed by atoms with Crippen LogP contribution >= 0.6 is 23.2 Å². The highest BCUT2D eigenvalue weighted by molar-refractivity contribution is 6.42. The molecular weight excluding hydrogens is 515 g/mol. The number of aliphatic hydroxyl groups excluding tert-OH is 1. The molecule has 0 aromatic heterocycles. The highest BCUT2D eigenvalue weighted by atomic mass is 35.5. The Balaban J connectivity index is 0.00000252. The van der Waals surface area contributed by atoms with Crippen LogP contribution < -0.4 is 10.1 Å². The van der Waals surface area contributed by atoms with Crippen LogP contribution in [-0.4, -0.2) is 57.0 Å². The van der Waals surface area contributed by atoms with E-state index in [1.54, 1.807) is 18.2 Å². The maximum atomic E-state index is 13.5. The Labute approximate surface area is 225 Å². The Morgan fingerprint density at radius 1 is 1.16 bits per heavy atom. The summed E-state index contributed by atoms with van der Waals surface area (Å²) in [6.07, 6.45) is 2.57. The number of benzene rings is 2. The number of phenols is 1. The molecule has 37 heavy (non-hydrogen) atoms. The van der Waals surface area contributed by atoms with Gasteiger partial charge < -0.3 is 25.4 Å². The summed E-state index contributed by atoms with van der Waals surface area (Å²) in [5.41, 5.74) is 0.0317. The predicted octanol–water partition coefficient (Wildman–Crippen LogP) is 4.96. The Morgan fingerprint density at radius 3 is 2.68 bits per heavy atom. The fraction of sp³-hybridized carbons (Fsp3) is 0.464. The molecule has 3 aliphatic carbocycles. The molecule has 2 aromatic carbocycles. The van der Waals surface area contributed by atoms with Crippen LogP contribution in [0.15, 0.2) is 41.7 Å². The van der Waals surface area contributed by atoms with Crippen LogP contribution in [0, 0.1) is 5.92 Å². The van der Waals surface area contributed by atoms with E-state index < -0.39 is 23.0 Å². The minimum absolute atomic E-state index is 0. The molecule has 2 heterocycles. The number of likely N-dealkylation sites (tertiary alicyclic amines) is 1. The van der Waals surface area contributed by atoms with Gasteiger partial charge >= 0.3 is 0 Å². The first-order valence-electron chi connectivity index (χ1n) is 12.4. The van der Waals surface area contributed by atoms with E-state index in [1.807, 2.05) is 6.07 Å². The van der Waals surface area contributed by atoms with Crippen molar-refractivity contribution in [1.82, 2.24) is 4.90 Å². The second-order valence-electron chi connectivity index (χ2n) is 10.9. The third-order valence-corrected chi connectivity index (χ3v) is 9.71. The molecule has 0 radical (unpaired) electrons. The monoisotopic (exact) mass is 544 g/mol. The number of ether oxygens (including phenoxy) is 1. The third kappa shape index (κ3) is 3.30. The number of carbonyl (C=O) groups is 1. The maximum Gasteiger partial charge on any atom is 0.255 e. The quantitative estimate of drug-likeness (QED) is 0.433. The number of piperidine rings is 1. The van der Waals surface area contributed by atoms with Crippen LogP contribution in [-0.2, 0) is 16.6 Å². The summed E-state index contributed by atoms with van der Waals surface area (Å²) in [6, 6.07) is 8.04. The molecule has 5 aliphatic rings. The number of carbonyl (C=O) groups excluding carboxylic acids is 1. The molecule has 1 saturated carbocycles. The lowest BCUT2D eigenvalue weighted by Crippen LogP contribution is -2.75. The molecule has 2 aliphatic heterocycles. The normalized spacial score (nSPS) is 31.3. The number of halogens is 2. The largest absolute Gasteiger partial charge is 0.508 e. The zero-order chi connectivity index (χ0) is 25.0. The Hall–Kier alpha value is -2.45. The average molecular weight is 545 g/mol. The van der Waals surface area contributed by atoms with E-state index >= 15 is 0 Å². The number of anilines is 1. The van der Waals surface area contributed by atoms with Crippen molar-refractivity contribution < 1.29 is 24.9 Å². The molecule has 7 rings (SSSR count). The van der Waals surface area contributed by atoms with Gasteiger partial charge in [0.2, 0.25) is 0 Å². The summed E-state index contributed by atoms with van der Waals surface area (Å²) in [5.74, 6) is 0.196. The number of hydrogen-bond acceptors (Lipinski definition) is 6. The number of amides is 1. The van der Waals surface area contributed by atoms with Gasteiger partial charge in [-0.15, -0.1) is 0 Å². The standard InChI is InChI=1S/C27H26Cl2N2O5.CH4/c28-17-5-4-15(10-18(17)29)30-25(34)16-11-27(35)20-9-14-3-6-19(32)23-21(14)26(27,24(36-23)22(16)33)7-8-31(20)12-13-1-2-13;/h3-6,10,13,20,24,32-33,35H,1-2,7-9,11-12H2,(H,30,34);1H4/t20-,24+,26+,27-;/m1./s1. The van der Waals surface area contributed by atoms with Gasteiger partial charge in [-0.2, -0.15) is 0 Å². The number of nitrogens with one attached hydrogen (secondary N) is 1. The van der Waals surface area contributed by atoms with Crippen LogP contribution in [0.2, 0.25) is 10.0 Å². The van der Waals surface area contributed by atoms with E-state index in [0.717, 1.165) is 24.2 Å². The van der Waals surface area contributed by atoms with E-state index in [1.165, 1.54) is 18.9 Å². The fourth-order valence-corrected chi connectivity index (χ4v) is 7.45. The Bertz CT molecular complexity index is 1360. The molecule has 2 aromatic rings. The number of rotatable bonds is 4. The Kier molecular flexibility index (Phi) is 5.56. The van der Waals surface area contributed by atoms with Gasteiger partial charge in [0.15, 0.2) is 17.6 Å². The summed E-state index contributed by atoms with van der Waals surface area (Å²) < 4.78 is 6.23. The number of phenolic OH excluding ortho intramolecular Hbond substituents is 1. The van der Waals surface area contributed by atoms with E-state index in [2.05, 4.69) is 10.2 Å². The lowest BCUT2D eigenvalue weighted by molar-refractivity contribution is -0.172. The molecular formula is C28H30Cl2N2O5. The van der Waals surface area contributed by atoms with E-state index in [0.29, 0.717) is 40.2 Å². The van der Waals surface area contributed by atoms with Crippen molar-refractivity contribution in [2.24, 2.45) is 5.92 Å². The molecule has 196 valence electrons. The maximum absolute atomic E-state index is 13.5. The second-order valence-corrected chi connectivity index (χ2v) is 11.7. The van der Waals surface area contributed by atoms with Crippen LogP contribution in [0.1, 0.15) is 44.2 Å². The van der Waals surface area contributed by atoms with Crippen molar-refractivity contribution in [1.29, 1.82) is 0 Å². The number of aromatic hydroxyl groups is 1. The summed E-state index contributed by atoms with van der Waals surface area (Å²) in [4.78, 5) is 15.8. The second kappa shape index (κ2) is 8.27. The molecule has 4 N–H and O–H groups in total. The molecule has 0 unspecified atom stereocenters. The van der Waals surface area contributed by atoms with Gasteiger partial charge in [0.1, 0.15) is 5.76 Å². The zero-order valence-electron chi connectivity index (χ0n) is 19.4. The van der Waals surface area contributed by atoms with Gasteiger partial charge in [0, 0.05) is 30.3 Å². The van der Waals surface area contributed by atoms with Crippen molar-refractivity contribution in [3.63, 3.8) is 0 Å². The fourth-order valence-electron chi connectivity index (χ4n) is 7.15. The number of nitrogens with zero attached hydrogens (tertiary/aromatic N) is 1. The summed E-state index contributed by atoms with van der Waals surface area (Å²) in [7, 11) is 0. The topological polar surface area (TPSA) is 102 Å². The molecule has 1 saturated heterocycles. The van der Waals surface area contributed by atoms with Crippen molar-refractivity contribution in [3.05, 3.63) is 62.8 Å². The minimum atomic E-state index is -1.35. The van der Waals surface area contributed by atoms with Gasteiger partial charge in [0.25, 0.3) is 5.91 Å². The molecule has 2 fully saturated rings. The van der Waals surface area contributed by atoms with Crippen LogP contribution in [0.3, 0.4) is 0 Å². The SMILES string of the molecule is C.O=C(Nc1ccc(Cl)c(Cl)c1)C1=C(O)[C@@H]2Oc3c(O)ccc4c3[C@@]23CCN(CC2CC2)[C@H](C4)[C@]3(O)C1. The summed E-state index contributed by atoms with van der Waals surface area (Å²) in [6.45, 7) is 1.67. The third-order valence-electron chi connectivity index (χ3n) is 8.97. The summed E-state index contributed by atoms with van der Waals surface area (Å²) >= 11 is 12.1. The molecule has 2 bridgehead atoms. The van der Waals surface area contributed by atoms with Crippen LogP contribution in [0.4, 0.5) is 5.69 Å². The molecule has 1 amide bonds. The zero-order valence-corrected chi connectivity index (χ0v) is 20.9. The highest BCUT2D eigenvalue weighted by Crippen LogP contribution is 2.66. The first-order valence-corrected chi connectivity index (χ1v) is 13.2. The lowest BCUT2D eigenvalue weighted by atomic mass is 9.49. The van der Waals surface area contributed by atoms with Crippen molar-refractivity contribution in [2.45, 2.75) is 62.7 Å². The highest BCUT2D eigenvalue weighted by Gasteiger charge is 2.73. The molecule has 7 nitrogen and oxygen atoms in total. The molecule has 4 atom stereocenters. The van der Waals surface area contributed by atoms with Gasteiger partial charge in [-0.05, 0) is 68.0 Å². The van der Waals surface area contributed by atoms with Crippen molar-refractivity contribution in [2.75, 3.05) is 18.4 Å². The van der Waals surface area contributed by atoms with Gasteiger partial charge in [-0.25, -0.2) is 0 Å². The predicted molar refractivity (Wildman–Crippen MR) is 142 cm³/mol. The Morgan fingerprint density at radius 2 is 1.95 bits per heavy atom. The van der Waals surface area contributed by atoms with Gasteiger partial charge in [-0.1, -0.05) is 36.7 Å². The van der Waals surface area contributed by atoms with E-state index in [9.17, 15) is 20.1 Å². The van der Waals surface area contributed by atoms with Crippen LogP contribution in [0.25, 0.3) is 0 Å². The molecule has 1 spiro atoms. The van der Waals surface area contributed by atoms with E-state index in [4.69, 9.17) is 27.9 Å². The average Bonchev–Trinajstić information content (AvgIpc) is 3.58. The van der Waals surface area contributed by atoms with Crippen molar-refractivity contribution in [3.8, 4) is 11.5 Å². The smallest absolute Gasteiger partial charge is 0.255 e. The number of aliphatic hydroxyl groups is 2. The molecule has 9 heteroatoms. The van der Waals surface area contributed by atoms with E-state index in [-0.39, 0.29) is 37.0 Å². The summed E-state index contributed by atoms with van der Waals surface area (Å²) in [5, 5.41) is 38.2. The van der Waals surface area contributed by atoms with Crippen LogP contribution in [0.5, 0.6) is 11.5 Å². The lowest BCUT2D eigenvalue weighted by Gasteiger charge is -2.62. The first-order chi connectivity index (χ1) is 17.2. The number of hydrogen-bond donors (Lipinski definition) is 4. The first kappa shape index (κ1) is 24.9.